The minimum absolute atomic E-state index is 0.158. The summed E-state index contributed by atoms with van der Waals surface area (Å²) >= 11 is 0. The van der Waals surface area contributed by atoms with Crippen molar-refractivity contribution < 1.29 is 9.53 Å². The quantitative estimate of drug-likeness (QED) is 0.721. The zero-order chi connectivity index (χ0) is 12.0. The molecule has 1 fully saturated rings. The summed E-state index contributed by atoms with van der Waals surface area (Å²) < 4.78 is 5.06. The van der Waals surface area contributed by atoms with Crippen molar-refractivity contribution in [3.8, 4) is 0 Å². The van der Waals surface area contributed by atoms with Gasteiger partial charge < -0.3 is 9.64 Å². The molecular weight excluding hydrogens is 202 g/mol. The van der Waals surface area contributed by atoms with Crippen LogP contribution in [0.1, 0.15) is 39.5 Å². The van der Waals surface area contributed by atoms with E-state index in [9.17, 15) is 4.79 Å². The van der Waals surface area contributed by atoms with Gasteiger partial charge >= 0.3 is 0 Å². The van der Waals surface area contributed by atoms with Gasteiger partial charge in [-0.25, -0.2) is 0 Å². The van der Waals surface area contributed by atoms with Crippen molar-refractivity contribution in [2.45, 2.75) is 39.5 Å². The largest absolute Gasteiger partial charge is 0.385 e. The van der Waals surface area contributed by atoms with E-state index in [4.69, 9.17) is 4.74 Å². The van der Waals surface area contributed by atoms with E-state index >= 15 is 0 Å². The van der Waals surface area contributed by atoms with Crippen molar-refractivity contribution in [2.24, 2.45) is 11.8 Å². The first-order valence-corrected chi connectivity index (χ1v) is 6.46. The van der Waals surface area contributed by atoms with Crippen LogP contribution in [0, 0.1) is 11.8 Å². The highest BCUT2D eigenvalue weighted by Crippen LogP contribution is 2.20. The molecule has 1 rings (SSSR count). The summed E-state index contributed by atoms with van der Waals surface area (Å²) in [6.07, 6.45) is 4.20. The maximum absolute atomic E-state index is 12.3. The summed E-state index contributed by atoms with van der Waals surface area (Å²) in [6, 6.07) is 0. The number of carbonyl (C=O) groups is 1. The Balaban J connectivity index is 2.46. The number of carbonyl (C=O) groups excluding carboxylic acids is 1. The Morgan fingerprint density at radius 2 is 2.31 bits per heavy atom. The van der Waals surface area contributed by atoms with E-state index in [-0.39, 0.29) is 5.92 Å². The zero-order valence-electron chi connectivity index (χ0n) is 10.9. The van der Waals surface area contributed by atoms with Crippen LogP contribution >= 0.6 is 0 Å². The van der Waals surface area contributed by atoms with Crippen molar-refractivity contribution in [3.63, 3.8) is 0 Å². The first kappa shape index (κ1) is 13.5. The number of amides is 1. The molecule has 1 amide bonds. The third-order valence-corrected chi connectivity index (χ3v) is 3.48. The van der Waals surface area contributed by atoms with E-state index in [1.165, 1.54) is 6.42 Å². The van der Waals surface area contributed by atoms with Crippen LogP contribution in [0.25, 0.3) is 0 Å². The van der Waals surface area contributed by atoms with Crippen LogP contribution in [0.15, 0.2) is 0 Å². The molecule has 0 N–H and O–H groups in total. The van der Waals surface area contributed by atoms with Crippen LogP contribution in [-0.2, 0) is 9.53 Å². The standard InChI is InChI=1S/C13H25NO2/c1-4-12(7-9-16-3)13(15)14-8-5-6-11(2)10-14/h11-12H,4-10H2,1-3H3/t11-,12?/m1/s1. The Hall–Kier alpha value is -0.570. The van der Waals surface area contributed by atoms with E-state index in [2.05, 4.69) is 18.7 Å². The van der Waals surface area contributed by atoms with Crippen LogP contribution in [0.5, 0.6) is 0 Å². The Morgan fingerprint density at radius 3 is 2.88 bits per heavy atom. The number of hydrogen-bond acceptors (Lipinski definition) is 2. The number of rotatable bonds is 5. The predicted molar refractivity (Wildman–Crippen MR) is 65.3 cm³/mol. The van der Waals surface area contributed by atoms with E-state index in [0.29, 0.717) is 18.4 Å². The van der Waals surface area contributed by atoms with Crippen LogP contribution in [0.2, 0.25) is 0 Å². The average molecular weight is 227 g/mol. The molecule has 0 radical (unpaired) electrons. The molecular formula is C13H25NO2. The molecule has 94 valence electrons. The predicted octanol–water partition coefficient (Wildman–Crippen LogP) is 2.31. The summed E-state index contributed by atoms with van der Waals surface area (Å²) in [5.41, 5.74) is 0. The fourth-order valence-electron chi connectivity index (χ4n) is 2.41. The second-order valence-electron chi connectivity index (χ2n) is 4.92. The highest BCUT2D eigenvalue weighted by atomic mass is 16.5. The van der Waals surface area contributed by atoms with E-state index in [1.54, 1.807) is 7.11 Å². The molecule has 1 aliphatic heterocycles. The highest BCUT2D eigenvalue weighted by Gasteiger charge is 2.26. The van der Waals surface area contributed by atoms with Crippen molar-refractivity contribution in [2.75, 3.05) is 26.8 Å². The second kappa shape index (κ2) is 6.89. The molecule has 0 aromatic carbocycles. The fraction of sp³-hybridized carbons (Fsp3) is 0.923. The lowest BCUT2D eigenvalue weighted by atomic mass is 9.96. The fourth-order valence-corrected chi connectivity index (χ4v) is 2.41. The van der Waals surface area contributed by atoms with Gasteiger partial charge in [0.15, 0.2) is 0 Å². The molecule has 0 saturated carbocycles. The number of ether oxygens (including phenoxy) is 1. The lowest BCUT2D eigenvalue weighted by molar-refractivity contribution is -0.138. The molecule has 3 heteroatoms. The Kier molecular flexibility index (Phi) is 5.81. The Labute approximate surface area is 99.1 Å². The normalized spacial score (nSPS) is 23.2. The maximum Gasteiger partial charge on any atom is 0.225 e. The van der Waals surface area contributed by atoms with Gasteiger partial charge in [-0.3, -0.25) is 4.79 Å². The topological polar surface area (TPSA) is 29.5 Å². The van der Waals surface area contributed by atoms with Crippen LogP contribution < -0.4 is 0 Å². The smallest absolute Gasteiger partial charge is 0.225 e. The third-order valence-electron chi connectivity index (χ3n) is 3.48. The van der Waals surface area contributed by atoms with Crippen molar-refractivity contribution >= 4 is 5.91 Å². The number of hydrogen-bond donors (Lipinski definition) is 0. The van der Waals surface area contributed by atoms with Gasteiger partial charge in [-0.05, 0) is 31.6 Å². The van der Waals surface area contributed by atoms with Gasteiger partial charge in [-0.1, -0.05) is 13.8 Å². The van der Waals surface area contributed by atoms with Gasteiger partial charge in [0.25, 0.3) is 0 Å². The zero-order valence-corrected chi connectivity index (χ0v) is 10.9. The Morgan fingerprint density at radius 1 is 1.56 bits per heavy atom. The SMILES string of the molecule is CCC(CCOC)C(=O)N1CCC[C@@H](C)C1. The van der Waals surface area contributed by atoms with Crippen LogP contribution in [0.3, 0.4) is 0 Å². The molecule has 1 aliphatic rings. The molecule has 2 atom stereocenters. The third kappa shape index (κ3) is 3.78. The van der Waals surface area contributed by atoms with Gasteiger partial charge in [0.05, 0.1) is 0 Å². The molecule has 0 aromatic heterocycles. The van der Waals surface area contributed by atoms with Crippen molar-refractivity contribution in [1.82, 2.24) is 4.90 Å². The molecule has 0 bridgehead atoms. The number of nitrogens with zero attached hydrogens (tertiary/aromatic N) is 1. The summed E-state index contributed by atoms with van der Waals surface area (Å²) in [5.74, 6) is 1.16. The van der Waals surface area contributed by atoms with Crippen LogP contribution in [-0.4, -0.2) is 37.6 Å². The first-order valence-electron chi connectivity index (χ1n) is 6.46. The maximum atomic E-state index is 12.3. The summed E-state index contributed by atoms with van der Waals surface area (Å²) in [6.45, 7) is 6.91. The van der Waals surface area contributed by atoms with E-state index < -0.39 is 0 Å². The monoisotopic (exact) mass is 227 g/mol. The lowest BCUT2D eigenvalue weighted by Crippen LogP contribution is -2.42. The van der Waals surface area contributed by atoms with Gasteiger partial charge in [0.2, 0.25) is 5.91 Å². The van der Waals surface area contributed by atoms with Gasteiger partial charge in [0.1, 0.15) is 0 Å². The summed E-state index contributed by atoms with van der Waals surface area (Å²) in [7, 11) is 1.69. The molecule has 16 heavy (non-hydrogen) atoms. The highest BCUT2D eigenvalue weighted by molar-refractivity contribution is 5.78. The van der Waals surface area contributed by atoms with E-state index in [0.717, 1.165) is 32.4 Å². The number of piperidine rings is 1. The van der Waals surface area contributed by atoms with Crippen molar-refractivity contribution in [1.29, 1.82) is 0 Å². The Bertz CT molecular complexity index is 218. The minimum Gasteiger partial charge on any atom is -0.385 e. The first-order chi connectivity index (χ1) is 7.69. The van der Waals surface area contributed by atoms with Crippen molar-refractivity contribution in [3.05, 3.63) is 0 Å². The molecule has 1 saturated heterocycles. The average Bonchev–Trinajstić information content (AvgIpc) is 2.29. The van der Waals surface area contributed by atoms with Gasteiger partial charge in [-0.2, -0.15) is 0 Å². The van der Waals surface area contributed by atoms with Crippen LogP contribution in [0.4, 0.5) is 0 Å². The molecule has 3 nitrogen and oxygen atoms in total. The lowest BCUT2D eigenvalue weighted by Gasteiger charge is -2.33. The molecule has 0 aromatic rings. The minimum atomic E-state index is 0.158. The summed E-state index contributed by atoms with van der Waals surface area (Å²) in [4.78, 5) is 14.3. The molecule has 0 spiro atoms. The number of likely N-dealkylation sites (tertiary alicyclic amines) is 1. The summed E-state index contributed by atoms with van der Waals surface area (Å²) in [5, 5.41) is 0. The molecule has 0 aliphatic carbocycles. The van der Waals surface area contributed by atoms with E-state index in [1.807, 2.05) is 0 Å². The van der Waals surface area contributed by atoms with Gasteiger partial charge in [0, 0.05) is 32.7 Å². The second-order valence-corrected chi connectivity index (χ2v) is 4.92. The molecule has 1 unspecified atom stereocenters. The van der Waals surface area contributed by atoms with Gasteiger partial charge in [-0.15, -0.1) is 0 Å². The number of methoxy groups -OCH3 is 1. The molecule has 1 heterocycles.